The highest BCUT2D eigenvalue weighted by molar-refractivity contribution is 5.76. The van der Waals surface area contributed by atoms with Gasteiger partial charge in [0.15, 0.2) is 0 Å². The summed E-state index contributed by atoms with van der Waals surface area (Å²) >= 11 is 0. The van der Waals surface area contributed by atoms with Gasteiger partial charge < -0.3 is 15.7 Å². The molecule has 0 radical (unpaired) electrons. The fraction of sp³-hybridized carbons (Fsp3) is 0.667. The summed E-state index contributed by atoms with van der Waals surface area (Å²) in [5.41, 5.74) is 0. The zero-order chi connectivity index (χ0) is 11.2. The highest BCUT2D eigenvalue weighted by Gasteiger charge is 2.27. The van der Waals surface area contributed by atoms with E-state index in [2.05, 4.69) is 0 Å². The molecule has 14 heavy (non-hydrogen) atoms. The van der Waals surface area contributed by atoms with E-state index in [4.69, 9.17) is 5.11 Å². The molecule has 0 rings (SSSR count). The Labute approximate surface area is 77.3 Å². The van der Waals surface area contributed by atoms with Gasteiger partial charge in [-0.15, -0.1) is 0 Å². The summed E-state index contributed by atoms with van der Waals surface area (Å²) in [6.45, 7) is -1.61. The Morgan fingerprint density at radius 3 is 2.21 bits per heavy atom. The van der Waals surface area contributed by atoms with Crippen LogP contribution in [0.15, 0.2) is 0 Å². The van der Waals surface area contributed by atoms with Gasteiger partial charge in [-0.3, -0.25) is 4.79 Å². The van der Waals surface area contributed by atoms with Gasteiger partial charge in [0, 0.05) is 13.0 Å². The molecule has 82 valence electrons. The Kier molecular flexibility index (Phi) is 4.74. The van der Waals surface area contributed by atoms with Gasteiger partial charge in [-0.05, 0) is 0 Å². The second-order valence-electron chi connectivity index (χ2n) is 2.37. The number of hydrogen-bond acceptors (Lipinski definition) is 2. The van der Waals surface area contributed by atoms with Crippen LogP contribution in [0.25, 0.3) is 0 Å². The minimum absolute atomic E-state index is 0.209. The average Bonchev–Trinajstić information content (AvgIpc) is 1.99. The summed E-state index contributed by atoms with van der Waals surface area (Å²) < 4.78 is 34.6. The van der Waals surface area contributed by atoms with E-state index in [1.807, 2.05) is 5.32 Å². The molecule has 5 nitrogen and oxygen atoms in total. The topological polar surface area (TPSA) is 78.4 Å². The van der Waals surface area contributed by atoms with Gasteiger partial charge >= 0.3 is 12.3 Å². The molecule has 8 heteroatoms. The zero-order valence-electron chi connectivity index (χ0n) is 7.02. The van der Waals surface area contributed by atoms with Gasteiger partial charge in [-0.2, -0.15) is 13.2 Å². The predicted molar refractivity (Wildman–Crippen MR) is 39.7 cm³/mol. The first-order chi connectivity index (χ1) is 6.31. The van der Waals surface area contributed by atoms with Crippen LogP contribution in [-0.4, -0.2) is 36.4 Å². The van der Waals surface area contributed by atoms with E-state index in [1.165, 1.54) is 0 Å². The van der Waals surface area contributed by atoms with Gasteiger partial charge in [-0.25, -0.2) is 4.79 Å². The van der Waals surface area contributed by atoms with Crippen molar-refractivity contribution in [3.8, 4) is 0 Å². The third-order valence-electron chi connectivity index (χ3n) is 1.11. The van der Waals surface area contributed by atoms with Crippen molar-refractivity contribution in [2.45, 2.75) is 12.6 Å². The van der Waals surface area contributed by atoms with Gasteiger partial charge in [0.1, 0.15) is 6.54 Å². The molecule has 0 aliphatic heterocycles. The maximum Gasteiger partial charge on any atom is 0.405 e. The van der Waals surface area contributed by atoms with Gasteiger partial charge in [0.25, 0.3) is 0 Å². The van der Waals surface area contributed by atoms with Crippen LogP contribution in [-0.2, 0) is 4.79 Å². The summed E-state index contributed by atoms with van der Waals surface area (Å²) in [6, 6.07) is 0. The molecule has 0 spiro atoms. The average molecular weight is 214 g/mol. The Morgan fingerprint density at radius 1 is 1.21 bits per heavy atom. The molecule has 0 fully saturated rings. The van der Waals surface area contributed by atoms with E-state index in [-0.39, 0.29) is 13.0 Å². The van der Waals surface area contributed by atoms with Gasteiger partial charge in [0.2, 0.25) is 5.91 Å². The smallest absolute Gasteiger partial charge is 0.405 e. The second-order valence-corrected chi connectivity index (χ2v) is 2.37. The molecule has 0 aliphatic carbocycles. The lowest BCUT2D eigenvalue weighted by molar-refractivity contribution is -0.138. The van der Waals surface area contributed by atoms with Crippen LogP contribution in [0.1, 0.15) is 6.42 Å². The van der Waals surface area contributed by atoms with Crippen molar-refractivity contribution in [1.29, 1.82) is 0 Å². The molecule has 0 aromatic carbocycles. The summed E-state index contributed by atoms with van der Waals surface area (Å²) in [5.74, 6) is -0.851. The van der Waals surface area contributed by atoms with E-state index in [0.29, 0.717) is 0 Å². The van der Waals surface area contributed by atoms with E-state index in [0.717, 1.165) is 0 Å². The van der Waals surface area contributed by atoms with Crippen molar-refractivity contribution >= 4 is 12.0 Å². The summed E-state index contributed by atoms with van der Waals surface area (Å²) in [7, 11) is 0. The van der Waals surface area contributed by atoms with E-state index < -0.39 is 24.7 Å². The van der Waals surface area contributed by atoms with Crippen molar-refractivity contribution in [3.05, 3.63) is 0 Å². The molecule has 0 atom stereocenters. The Morgan fingerprint density at radius 2 is 1.79 bits per heavy atom. The lowest BCUT2D eigenvalue weighted by Crippen LogP contribution is -2.35. The Bertz CT molecular complexity index is 217. The quantitative estimate of drug-likeness (QED) is 0.630. The summed E-state index contributed by atoms with van der Waals surface area (Å²) in [6.07, 6.45) is -6.09. The fourth-order valence-corrected chi connectivity index (χ4v) is 0.570. The number of hydrogen-bond donors (Lipinski definition) is 3. The van der Waals surface area contributed by atoms with Crippen LogP contribution in [0, 0.1) is 0 Å². The van der Waals surface area contributed by atoms with Crippen LogP contribution in [0.5, 0.6) is 0 Å². The van der Waals surface area contributed by atoms with Crippen LogP contribution in [0.4, 0.5) is 18.0 Å². The SMILES string of the molecule is O=C(O)NCCC(=O)NCC(F)(F)F. The number of carboxylic acid groups (broad SMARTS) is 1. The number of amides is 2. The first-order valence-electron chi connectivity index (χ1n) is 3.61. The van der Waals surface area contributed by atoms with E-state index in [9.17, 15) is 22.8 Å². The number of nitrogens with one attached hydrogen (secondary N) is 2. The van der Waals surface area contributed by atoms with Crippen molar-refractivity contribution in [3.63, 3.8) is 0 Å². The number of halogens is 3. The van der Waals surface area contributed by atoms with Crippen LogP contribution in [0.3, 0.4) is 0 Å². The first-order valence-corrected chi connectivity index (χ1v) is 3.61. The number of alkyl halides is 3. The maximum atomic E-state index is 11.5. The van der Waals surface area contributed by atoms with Gasteiger partial charge in [0.05, 0.1) is 0 Å². The van der Waals surface area contributed by atoms with Crippen LogP contribution < -0.4 is 10.6 Å². The number of rotatable bonds is 4. The van der Waals surface area contributed by atoms with E-state index >= 15 is 0 Å². The molecule has 0 saturated heterocycles. The zero-order valence-corrected chi connectivity index (χ0v) is 7.02. The third kappa shape index (κ3) is 8.62. The lowest BCUT2D eigenvalue weighted by Gasteiger charge is -2.07. The predicted octanol–water partition coefficient (Wildman–Crippen LogP) is 0.323. The molecular formula is C6H9F3N2O3. The normalized spacial score (nSPS) is 10.8. The lowest BCUT2D eigenvalue weighted by atomic mass is 10.4. The van der Waals surface area contributed by atoms with Crippen molar-refractivity contribution in [2.75, 3.05) is 13.1 Å². The molecule has 0 aromatic heterocycles. The summed E-state index contributed by atoms with van der Waals surface area (Å²) in [4.78, 5) is 20.5. The highest BCUT2D eigenvalue weighted by atomic mass is 19.4. The first kappa shape index (κ1) is 12.5. The second kappa shape index (κ2) is 5.30. The Hall–Kier alpha value is -1.47. The number of carbonyl (C=O) groups excluding carboxylic acids is 1. The molecule has 2 amide bonds. The Balaban J connectivity index is 3.52. The summed E-state index contributed by atoms with van der Waals surface area (Å²) in [5, 5.41) is 11.5. The highest BCUT2D eigenvalue weighted by Crippen LogP contribution is 2.11. The van der Waals surface area contributed by atoms with Crippen LogP contribution >= 0.6 is 0 Å². The van der Waals surface area contributed by atoms with E-state index in [1.54, 1.807) is 5.32 Å². The molecule has 0 bridgehead atoms. The van der Waals surface area contributed by atoms with Crippen LogP contribution in [0.2, 0.25) is 0 Å². The largest absolute Gasteiger partial charge is 0.465 e. The fourth-order valence-electron chi connectivity index (χ4n) is 0.570. The molecule has 3 N–H and O–H groups in total. The molecule has 0 saturated carbocycles. The third-order valence-corrected chi connectivity index (χ3v) is 1.11. The monoisotopic (exact) mass is 214 g/mol. The molecule has 0 aromatic rings. The molecular weight excluding hydrogens is 205 g/mol. The maximum absolute atomic E-state index is 11.5. The minimum atomic E-state index is -4.45. The molecule has 0 unspecified atom stereocenters. The van der Waals surface area contributed by atoms with Gasteiger partial charge in [-0.1, -0.05) is 0 Å². The molecule has 0 aliphatic rings. The van der Waals surface area contributed by atoms with Crippen molar-refractivity contribution in [2.24, 2.45) is 0 Å². The van der Waals surface area contributed by atoms with Crippen molar-refractivity contribution in [1.82, 2.24) is 10.6 Å². The molecule has 0 heterocycles. The van der Waals surface area contributed by atoms with Crippen molar-refractivity contribution < 1.29 is 27.9 Å². The minimum Gasteiger partial charge on any atom is -0.465 e. The number of carbonyl (C=O) groups is 2. The standard InChI is InChI=1S/C6H9F3N2O3/c7-6(8,9)3-11-4(12)1-2-10-5(13)14/h10H,1-3H2,(H,11,12)(H,13,14).